The van der Waals surface area contributed by atoms with Gasteiger partial charge in [-0.1, -0.05) is 6.07 Å². The van der Waals surface area contributed by atoms with Gasteiger partial charge in [0.1, 0.15) is 6.04 Å². The zero-order valence-electron chi connectivity index (χ0n) is 14.6. The summed E-state index contributed by atoms with van der Waals surface area (Å²) in [6, 6.07) is 6.59. The molecule has 0 spiro atoms. The number of fused-ring (bicyclic) bond motifs is 1. The third-order valence-electron chi connectivity index (χ3n) is 4.24. The Balaban J connectivity index is 1.62. The number of benzene rings is 1. The monoisotopic (exact) mass is 402 g/mol. The summed E-state index contributed by atoms with van der Waals surface area (Å²) < 4.78 is 39.9. The first-order valence-electron chi connectivity index (χ1n) is 8.46. The van der Waals surface area contributed by atoms with Crippen molar-refractivity contribution in [1.82, 2.24) is 19.7 Å². The molecule has 1 aliphatic rings. The van der Waals surface area contributed by atoms with Crippen LogP contribution in [0.3, 0.4) is 0 Å². The molecule has 0 fully saturated rings. The highest BCUT2D eigenvalue weighted by Crippen LogP contribution is 2.31. The van der Waals surface area contributed by atoms with Crippen LogP contribution in [0.1, 0.15) is 18.0 Å². The van der Waals surface area contributed by atoms with Crippen LogP contribution in [0.5, 0.6) is 0 Å². The number of hydrogen-bond donors (Lipinski definition) is 2. The molecule has 0 radical (unpaired) electrons. The van der Waals surface area contributed by atoms with E-state index >= 15 is 0 Å². The van der Waals surface area contributed by atoms with Gasteiger partial charge in [0.25, 0.3) is 0 Å². The van der Waals surface area contributed by atoms with E-state index in [0.29, 0.717) is 5.56 Å². The van der Waals surface area contributed by atoms with Gasteiger partial charge in [0.2, 0.25) is 17.8 Å². The molecule has 4 rings (SSSR count). The van der Waals surface area contributed by atoms with Gasteiger partial charge in [0.05, 0.1) is 12.0 Å². The van der Waals surface area contributed by atoms with Gasteiger partial charge in [0, 0.05) is 23.6 Å². The van der Waals surface area contributed by atoms with E-state index in [0.717, 1.165) is 12.1 Å². The summed E-state index contributed by atoms with van der Waals surface area (Å²) in [4.78, 5) is 32.9. The zero-order valence-corrected chi connectivity index (χ0v) is 14.6. The molecule has 1 aliphatic heterocycles. The van der Waals surface area contributed by atoms with Crippen LogP contribution in [0.25, 0.3) is 11.4 Å². The van der Waals surface area contributed by atoms with E-state index in [-0.39, 0.29) is 23.9 Å². The number of nitrogens with one attached hydrogen (secondary N) is 2. The lowest BCUT2D eigenvalue weighted by atomic mass is 10.1. The molecule has 2 aromatic heterocycles. The summed E-state index contributed by atoms with van der Waals surface area (Å²) in [6.45, 7) is 0. The molecule has 2 amide bonds. The third kappa shape index (κ3) is 3.79. The number of amides is 2. The van der Waals surface area contributed by atoms with Gasteiger partial charge < -0.3 is 5.32 Å². The van der Waals surface area contributed by atoms with Crippen molar-refractivity contribution in [3.63, 3.8) is 0 Å². The Morgan fingerprint density at radius 3 is 2.79 bits per heavy atom. The van der Waals surface area contributed by atoms with Crippen LogP contribution in [0.4, 0.5) is 24.8 Å². The maximum Gasteiger partial charge on any atom is 0.416 e. The van der Waals surface area contributed by atoms with E-state index in [1.807, 2.05) is 0 Å². The molecule has 8 nitrogen and oxygen atoms in total. The third-order valence-corrected chi connectivity index (χ3v) is 4.24. The fraction of sp³-hybridized carbons (Fsp3) is 0.167. The second-order valence-electron chi connectivity index (χ2n) is 6.28. The van der Waals surface area contributed by atoms with Crippen LogP contribution < -0.4 is 10.6 Å². The molecule has 2 N–H and O–H groups in total. The van der Waals surface area contributed by atoms with Crippen molar-refractivity contribution >= 4 is 23.5 Å². The van der Waals surface area contributed by atoms with E-state index in [1.54, 1.807) is 18.3 Å². The predicted octanol–water partition coefficient (Wildman–Crippen LogP) is 2.88. The fourth-order valence-electron chi connectivity index (χ4n) is 2.88. The summed E-state index contributed by atoms with van der Waals surface area (Å²) in [5.41, 5.74) is -0.345. The molecule has 0 bridgehead atoms. The normalized spacial score (nSPS) is 16.1. The van der Waals surface area contributed by atoms with Gasteiger partial charge in [-0.15, -0.1) is 5.10 Å². The predicted molar refractivity (Wildman–Crippen MR) is 95.6 cm³/mol. The van der Waals surface area contributed by atoms with Crippen LogP contribution in [-0.2, 0) is 15.8 Å². The Kier molecular flexibility index (Phi) is 4.49. The summed E-state index contributed by atoms with van der Waals surface area (Å²) in [5, 5.41) is 9.21. The summed E-state index contributed by atoms with van der Waals surface area (Å²) in [6.07, 6.45) is -1.66. The fourth-order valence-corrected chi connectivity index (χ4v) is 2.88. The van der Waals surface area contributed by atoms with Gasteiger partial charge in [-0.25, -0.2) is 4.68 Å². The summed E-state index contributed by atoms with van der Waals surface area (Å²) in [7, 11) is 0. The molecular weight excluding hydrogens is 389 g/mol. The van der Waals surface area contributed by atoms with Crippen molar-refractivity contribution in [2.45, 2.75) is 18.6 Å². The lowest BCUT2D eigenvalue weighted by molar-refractivity contribution is -0.137. The largest absolute Gasteiger partial charge is 0.416 e. The van der Waals surface area contributed by atoms with Gasteiger partial charge in [-0.05, 0) is 30.3 Å². The minimum Gasteiger partial charge on any atom is -0.324 e. The van der Waals surface area contributed by atoms with Crippen molar-refractivity contribution in [1.29, 1.82) is 0 Å². The number of hydrogen-bond acceptors (Lipinski definition) is 5. The van der Waals surface area contributed by atoms with Crippen LogP contribution in [-0.4, -0.2) is 31.6 Å². The van der Waals surface area contributed by atoms with Crippen molar-refractivity contribution in [2.24, 2.45) is 0 Å². The highest BCUT2D eigenvalue weighted by Gasteiger charge is 2.34. The van der Waals surface area contributed by atoms with Gasteiger partial charge >= 0.3 is 6.18 Å². The lowest BCUT2D eigenvalue weighted by Gasteiger charge is -2.22. The van der Waals surface area contributed by atoms with Crippen LogP contribution >= 0.6 is 0 Å². The lowest BCUT2D eigenvalue weighted by Crippen LogP contribution is -2.36. The zero-order chi connectivity index (χ0) is 20.6. The first kappa shape index (κ1) is 18.6. The molecule has 3 heterocycles. The molecule has 1 atom stereocenters. The highest BCUT2D eigenvalue weighted by atomic mass is 19.4. The number of nitrogens with zero attached hydrogens (tertiary/aromatic N) is 4. The Labute approximate surface area is 161 Å². The van der Waals surface area contributed by atoms with Crippen molar-refractivity contribution in [3.05, 3.63) is 54.4 Å². The number of halogens is 3. The molecule has 11 heteroatoms. The number of rotatable bonds is 3. The van der Waals surface area contributed by atoms with Gasteiger partial charge in [-0.2, -0.15) is 18.2 Å². The van der Waals surface area contributed by atoms with E-state index < -0.39 is 29.6 Å². The second-order valence-corrected chi connectivity index (χ2v) is 6.28. The number of alkyl halides is 3. The SMILES string of the molecule is O=C1C[C@@H](C(=O)Nc2cccc(C(F)(F)F)c2)n2nc(-c3cccnc3)nc2N1. The minimum absolute atomic E-state index is 0.0371. The van der Waals surface area contributed by atoms with E-state index in [1.165, 1.54) is 23.0 Å². The van der Waals surface area contributed by atoms with E-state index in [2.05, 4.69) is 25.7 Å². The molecule has 148 valence electrons. The number of aromatic nitrogens is 4. The average Bonchev–Trinajstić information content (AvgIpc) is 3.11. The summed E-state index contributed by atoms with van der Waals surface area (Å²) in [5.74, 6) is -0.800. The standard InChI is InChI=1S/C18H13F3N6O2/c19-18(20,21)11-4-1-5-12(7-11)23-16(29)13-8-14(28)24-17-25-15(26-27(13)17)10-3-2-6-22-9-10/h1-7,9,13H,8H2,(H,23,29)(H,24,25,26,28)/t13-/m0/s1. The van der Waals surface area contributed by atoms with Crippen LogP contribution in [0.2, 0.25) is 0 Å². The van der Waals surface area contributed by atoms with Gasteiger partial charge in [0.15, 0.2) is 5.82 Å². The molecule has 0 unspecified atom stereocenters. The molecule has 29 heavy (non-hydrogen) atoms. The Bertz CT molecular complexity index is 1080. The number of anilines is 2. The number of carbonyl (C=O) groups excluding carboxylic acids is 2. The smallest absolute Gasteiger partial charge is 0.324 e. The first-order chi connectivity index (χ1) is 13.8. The van der Waals surface area contributed by atoms with Crippen molar-refractivity contribution < 1.29 is 22.8 Å². The van der Waals surface area contributed by atoms with E-state index in [4.69, 9.17) is 0 Å². The Hall–Kier alpha value is -3.76. The van der Waals surface area contributed by atoms with Crippen molar-refractivity contribution in [3.8, 4) is 11.4 Å². The Morgan fingerprint density at radius 1 is 1.24 bits per heavy atom. The van der Waals surface area contributed by atoms with E-state index in [9.17, 15) is 22.8 Å². The second kappa shape index (κ2) is 7.00. The molecular formula is C18H13F3N6O2. The molecule has 1 aromatic carbocycles. The maximum atomic E-state index is 12.9. The number of pyridine rings is 1. The summed E-state index contributed by atoms with van der Waals surface area (Å²) >= 11 is 0. The first-order valence-corrected chi connectivity index (χ1v) is 8.46. The quantitative estimate of drug-likeness (QED) is 0.702. The van der Waals surface area contributed by atoms with Crippen LogP contribution in [0, 0.1) is 0 Å². The van der Waals surface area contributed by atoms with Gasteiger partial charge in [-0.3, -0.25) is 19.9 Å². The van der Waals surface area contributed by atoms with Crippen LogP contribution in [0.15, 0.2) is 48.8 Å². The molecule has 0 aliphatic carbocycles. The maximum absolute atomic E-state index is 12.9. The molecule has 3 aromatic rings. The van der Waals surface area contributed by atoms with Crippen molar-refractivity contribution in [2.75, 3.05) is 10.6 Å². The molecule has 0 saturated carbocycles. The number of carbonyl (C=O) groups is 2. The molecule has 0 saturated heterocycles. The Morgan fingerprint density at radius 2 is 2.07 bits per heavy atom. The highest BCUT2D eigenvalue weighted by molar-refractivity contribution is 6.00. The average molecular weight is 402 g/mol. The minimum atomic E-state index is -4.54. The topological polar surface area (TPSA) is 102 Å².